The number of carbonyl (C=O) groups excluding carboxylic acids is 2. The van der Waals surface area contributed by atoms with E-state index in [0.717, 1.165) is 17.4 Å². The van der Waals surface area contributed by atoms with Crippen molar-refractivity contribution >= 4 is 34.9 Å². The minimum absolute atomic E-state index is 0.0442. The van der Waals surface area contributed by atoms with E-state index in [-0.39, 0.29) is 21.4 Å². The molecule has 0 atom stereocenters. The van der Waals surface area contributed by atoms with Crippen molar-refractivity contribution in [3.8, 4) is 11.8 Å². The van der Waals surface area contributed by atoms with Crippen molar-refractivity contribution in [2.24, 2.45) is 0 Å². The third kappa shape index (κ3) is 3.84. The highest BCUT2D eigenvalue weighted by atomic mass is 32.1. The number of carbonyl (C=O) groups is 2. The predicted molar refractivity (Wildman–Crippen MR) is 91.3 cm³/mol. The van der Waals surface area contributed by atoms with E-state index >= 15 is 0 Å². The van der Waals surface area contributed by atoms with E-state index in [1.165, 1.54) is 11.7 Å². The number of nitrogens with zero attached hydrogens (tertiary/aromatic N) is 2. The molecule has 2 aromatic rings. The van der Waals surface area contributed by atoms with Gasteiger partial charge >= 0.3 is 11.9 Å². The van der Waals surface area contributed by atoms with Gasteiger partial charge in [-0.1, -0.05) is 18.2 Å². The number of methoxy groups -OCH3 is 1. The van der Waals surface area contributed by atoms with Gasteiger partial charge in [-0.25, -0.2) is 9.59 Å². The number of para-hydroxylation sites is 1. The van der Waals surface area contributed by atoms with Crippen molar-refractivity contribution < 1.29 is 19.1 Å². The van der Waals surface area contributed by atoms with Crippen molar-refractivity contribution in [1.29, 1.82) is 5.26 Å². The summed E-state index contributed by atoms with van der Waals surface area (Å²) in [6, 6.07) is 10.3. The maximum atomic E-state index is 12.7. The molecule has 0 saturated heterocycles. The van der Waals surface area contributed by atoms with Crippen molar-refractivity contribution in [2.45, 2.75) is 6.92 Å². The summed E-state index contributed by atoms with van der Waals surface area (Å²) < 4.78 is 10.8. The molecule has 0 bridgehead atoms. The van der Waals surface area contributed by atoms with Crippen LogP contribution in [0, 0.1) is 11.3 Å². The van der Waals surface area contributed by atoms with Gasteiger partial charge in [0.2, 0.25) is 0 Å². The zero-order chi connectivity index (χ0) is 18.4. The van der Waals surface area contributed by atoms with Crippen molar-refractivity contribution in [1.82, 2.24) is 4.57 Å². The van der Waals surface area contributed by atoms with E-state index in [1.807, 2.05) is 0 Å². The summed E-state index contributed by atoms with van der Waals surface area (Å²) in [6.45, 7) is 1.70. The van der Waals surface area contributed by atoms with Crippen LogP contribution in [0.5, 0.6) is 0 Å². The number of thiazole rings is 1. The van der Waals surface area contributed by atoms with Crippen LogP contribution in [0.2, 0.25) is 0 Å². The minimum Gasteiger partial charge on any atom is -0.466 e. The summed E-state index contributed by atoms with van der Waals surface area (Å²) in [4.78, 5) is 36.3. The Morgan fingerprint density at radius 1 is 1.32 bits per heavy atom. The van der Waals surface area contributed by atoms with Gasteiger partial charge < -0.3 is 9.47 Å². The Labute approximate surface area is 146 Å². The molecule has 0 fully saturated rings. The molecule has 0 spiro atoms. The summed E-state index contributed by atoms with van der Waals surface area (Å²) in [5, 5.41) is 9.38. The van der Waals surface area contributed by atoms with Crippen molar-refractivity contribution in [2.75, 3.05) is 13.7 Å². The molecule has 1 aromatic carbocycles. The van der Waals surface area contributed by atoms with E-state index in [1.54, 1.807) is 43.3 Å². The molecule has 1 aromatic heterocycles. The molecule has 2 rings (SSSR count). The van der Waals surface area contributed by atoms with Gasteiger partial charge in [-0.15, -0.1) is 11.3 Å². The van der Waals surface area contributed by atoms with Gasteiger partial charge in [-0.2, -0.15) is 5.26 Å². The standard InChI is InChI=1S/C17H14N2O5S/c1-3-24-17(22)12(10-18)16-19(11-7-5-4-6-8-11)15(21)13(25-16)9-14(20)23-2/h4-9H,3H2,1-2H3/b13-9-,16-12-. The average molecular weight is 358 g/mol. The fourth-order valence-electron chi connectivity index (χ4n) is 2.01. The highest BCUT2D eigenvalue weighted by molar-refractivity contribution is 7.07. The lowest BCUT2D eigenvalue weighted by Gasteiger charge is -2.03. The highest BCUT2D eigenvalue weighted by Crippen LogP contribution is 2.04. The molecule has 0 unspecified atom stereocenters. The normalized spacial score (nSPS) is 12.3. The van der Waals surface area contributed by atoms with Crippen LogP contribution in [0.3, 0.4) is 0 Å². The maximum absolute atomic E-state index is 12.7. The Balaban J connectivity index is 2.93. The number of nitriles is 1. The molecule has 0 aliphatic carbocycles. The zero-order valence-electron chi connectivity index (χ0n) is 13.5. The van der Waals surface area contributed by atoms with Crippen molar-refractivity contribution in [3.63, 3.8) is 0 Å². The van der Waals surface area contributed by atoms with E-state index < -0.39 is 17.5 Å². The van der Waals surface area contributed by atoms with Crippen LogP contribution in [-0.4, -0.2) is 30.2 Å². The number of benzene rings is 1. The Kier molecular flexibility index (Phi) is 5.87. The monoisotopic (exact) mass is 358 g/mol. The minimum atomic E-state index is -0.833. The molecule has 25 heavy (non-hydrogen) atoms. The summed E-state index contributed by atoms with van der Waals surface area (Å²) in [5.41, 5.74) is -0.383. The number of ether oxygens (including phenoxy) is 2. The van der Waals surface area contributed by atoms with E-state index in [0.29, 0.717) is 5.69 Å². The number of rotatable bonds is 4. The fraction of sp³-hybridized carbons (Fsp3) is 0.176. The molecule has 0 aliphatic heterocycles. The number of esters is 2. The van der Waals surface area contributed by atoms with E-state index in [9.17, 15) is 19.6 Å². The first-order valence-corrected chi connectivity index (χ1v) is 8.03. The lowest BCUT2D eigenvalue weighted by molar-refractivity contribution is -0.136. The molecule has 128 valence electrons. The van der Waals surface area contributed by atoms with Crippen LogP contribution in [-0.2, 0) is 19.1 Å². The van der Waals surface area contributed by atoms with Crippen LogP contribution in [0.25, 0.3) is 17.3 Å². The van der Waals surface area contributed by atoms with Crippen LogP contribution in [0.4, 0.5) is 0 Å². The summed E-state index contributed by atoms with van der Waals surface area (Å²) in [6.07, 6.45) is 1.02. The summed E-state index contributed by atoms with van der Waals surface area (Å²) in [7, 11) is 1.19. The van der Waals surface area contributed by atoms with Crippen LogP contribution >= 0.6 is 11.3 Å². The highest BCUT2D eigenvalue weighted by Gasteiger charge is 2.18. The van der Waals surface area contributed by atoms with Crippen LogP contribution < -0.4 is 14.8 Å². The molecule has 1 heterocycles. The third-order valence-electron chi connectivity index (χ3n) is 3.09. The fourth-order valence-corrected chi connectivity index (χ4v) is 3.06. The molecule has 0 saturated carbocycles. The van der Waals surface area contributed by atoms with Gasteiger partial charge in [0.1, 0.15) is 15.3 Å². The molecular weight excluding hydrogens is 344 g/mol. The first-order valence-electron chi connectivity index (χ1n) is 7.22. The first kappa shape index (κ1) is 18.2. The first-order chi connectivity index (χ1) is 12.0. The smallest absolute Gasteiger partial charge is 0.351 e. The van der Waals surface area contributed by atoms with Gasteiger partial charge in [-0.3, -0.25) is 9.36 Å². The second kappa shape index (κ2) is 8.08. The Bertz CT molecular complexity index is 1010. The lowest BCUT2D eigenvalue weighted by Crippen LogP contribution is -2.32. The topological polar surface area (TPSA) is 98.4 Å². The Morgan fingerprint density at radius 3 is 2.56 bits per heavy atom. The van der Waals surface area contributed by atoms with Crippen LogP contribution in [0.15, 0.2) is 35.1 Å². The molecule has 0 radical (unpaired) electrons. The average Bonchev–Trinajstić information content (AvgIpc) is 2.92. The quantitative estimate of drug-likeness (QED) is 0.719. The van der Waals surface area contributed by atoms with Crippen molar-refractivity contribution in [3.05, 3.63) is 49.9 Å². The molecule has 0 N–H and O–H groups in total. The summed E-state index contributed by atoms with van der Waals surface area (Å²) >= 11 is 0.845. The number of hydrogen-bond acceptors (Lipinski definition) is 7. The second-order valence-electron chi connectivity index (χ2n) is 4.62. The molecular formula is C17H14N2O5S. The van der Waals surface area contributed by atoms with E-state index in [2.05, 4.69) is 4.74 Å². The molecule has 0 aliphatic rings. The van der Waals surface area contributed by atoms with Crippen LogP contribution in [0.1, 0.15) is 6.92 Å². The lowest BCUT2D eigenvalue weighted by atomic mass is 10.3. The summed E-state index contributed by atoms with van der Waals surface area (Å²) in [5.74, 6) is -1.54. The van der Waals surface area contributed by atoms with E-state index in [4.69, 9.17) is 4.74 Å². The molecule has 8 heteroatoms. The zero-order valence-corrected chi connectivity index (χ0v) is 14.3. The van der Waals surface area contributed by atoms with Gasteiger partial charge in [0.25, 0.3) is 5.56 Å². The largest absolute Gasteiger partial charge is 0.466 e. The van der Waals surface area contributed by atoms with Gasteiger partial charge in [-0.05, 0) is 19.1 Å². The molecule has 7 nitrogen and oxygen atoms in total. The predicted octanol–water partition coefficient (Wildman–Crippen LogP) is 0.0899. The van der Waals surface area contributed by atoms with Gasteiger partial charge in [0.15, 0.2) is 5.57 Å². The third-order valence-corrected chi connectivity index (χ3v) is 4.19. The number of aromatic nitrogens is 1. The SMILES string of the molecule is CCOC(=O)/C(C#N)=c1\s/c(=C\C(=O)OC)c(=O)n1-c1ccccc1. The number of hydrogen-bond donors (Lipinski definition) is 0. The Morgan fingerprint density at radius 2 is 2.00 bits per heavy atom. The molecule has 0 amide bonds. The maximum Gasteiger partial charge on any atom is 0.351 e. The Hall–Kier alpha value is -3.18. The van der Waals surface area contributed by atoms with Gasteiger partial charge in [0, 0.05) is 6.08 Å². The second-order valence-corrected chi connectivity index (χ2v) is 5.65. The van der Waals surface area contributed by atoms with Gasteiger partial charge in [0.05, 0.1) is 19.4 Å².